The van der Waals surface area contributed by atoms with E-state index in [0.29, 0.717) is 12.0 Å². The number of likely N-dealkylation sites (tertiary alicyclic amines) is 1. The summed E-state index contributed by atoms with van der Waals surface area (Å²) in [6, 6.07) is -20.2. The SMILES string of the molecule is CC[C@H](C)[C@H](NC(=O)CNC(=O)[C@H](Cc1ccccc1)NC(=O)CNC(=O)CNC(=O)[C@H](CO)NC(=O)[C@H](CO)NC(=O)[C@@H](NC(=O)[C@@H]1CCCN1C(=O)[C@@H](NC(=O)CNC(=O)[C@H](CCC(=O)O)NC(=O)[C@H](CCC(=O)O)NC(=O)[C@H](CO)NC(=O)[C@H](CC(C)C)NC(=O)[C@@H](NC(=O)[C@H](CO)NC(=O)CNC(=O)[C@@H](NC(=O)[C@H](C)NC(=O)[C@H](C)NC(=O)[C@H](CO)NC(=O)[C@@H](N)[C@@H](C)O)C(C)C)[C@@H](C)CC)C(C)C)[C@@H](C)CC)C(=O)O. The minimum atomic E-state index is -2.01. The van der Waals surface area contributed by atoms with Crippen LogP contribution in [0.15, 0.2) is 30.3 Å². The van der Waals surface area contributed by atoms with Gasteiger partial charge in [-0.25, -0.2) is 4.79 Å². The summed E-state index contributed by atoms with van der Waals surface area (Å²) in [5.41, 5.74) is 6.15. The number of amides is 22. The van der Waals surface area contributed by atoms with E-state index in [9.17, 15) is 166 Å². The highest BCUT2D eigenvalue weighted by Gasteiger charge is 2.44. The summed E-state index contributed by atoms with van der Waals surface area (Å²) in [4.78, 5) is 335. The summed E-state index contributed by atoms with van der Waals surface area (Å²) < 4.78 is 0. The van der Waals surface area contributed by atoms with Gasteiger partial charge in [0, 0.05) is 25.8 Å². The molecule has 150 heavy (non-hydrogen) atoms. The van der Waals surface area contributed by atoms with Crippen molar-refractivity contribution in [2.45, 2.75) is 289 Å². The zero-order valence-corrected chi connectivity index (χ0v) is 86.6. The molecule has 1 aromatic rings. The molecular weight excluding hydrogens is 1980 g/mol. The van der Waals surface area contributed by atoms with E-state index in [2.05, 4.69) is 112 Å². The van der Waals surface area contributed by atoms with Crippen LogP contribution in [-0.2, 0) is 126 Å². The van der Waals surface area contributed by atoms with Crippen molar-refractivity contribution >= 4 is 148 Å². The van der Waals surface area contributed by atoms with Gasteiger partial charge in [0.1, 0.15) is 109 Å². The number of hydrogen-bond acceptors (Lipinski definition) is 32. The Labute approximate surface area is 865 Å². The summed E-state index contributed by atoms with van der Waals surface area (Å²) in [6.07, 6.45) is -3.82. The summed E-state index contributed by atoms with van der Waals surface area (Å²) in [5.74, 6) is -31.1. The molecule has 0 aliphatic carbocycles. The molecule has 57 heteroatoms. The monoisotopic (exact) mass is 2130 g/mol. The molecule has 1 aliphatic rings. The summed E-state index contributed by atoms with van der Waals surface area (Å²) in [6.45, 7) is 12.9. The van der Waals surface area contributed by atoms with E-state index in [1.165, 1.54) is 55.4 Å². The number of nitrogens with zero attached hydrogens (tertiary/aromatic N) is 1. The van der Waals surface area contributed by atoms with Gasteiger partial charge in [-0.1, -0.05) is 133 Å². The average molecular weight is 2140 g/mol. The number of carbonyl (C=O) groups is 25. The Morgan fingerprint density at radius 3 is 1.12 bits per heavy atom. The number of rotatable bonds is 68. The van der Waals surface area contributed by atoms with Crippen LogP contribution in [0, 0.1) is 35.5 Å². The number of carbonyl (C=O) groups excluding carboxylic acids is 22. The van der Waals surface area contributed by atoms with Crippen LogP contribution in [0.25, 0.3) is 0 Å². The van der Waals surface area contributed by atoms with Crippen LogP contribution >= 0.6 is 0 Å². The van der Waals surface area contributed by atoms with Crippen LogP contribution in [-0.4, -0.2) is 386 Å². The van der Waals surface area contributed by atoms with Crippen LogP contribution in [0.1, 0.15) is 174 Å². The van der Waals surface area contributed by atoms with Crippen molar-refractivity contribution in [3.8, 4) is 0 Å². The fourth-order valence-electron chi connectivity index (χ4n) is 14.4. The molecule has 22 atom stereocenters. The van der Waals surface area contributed by atoms with Crippen LogP contribution < -0.4 is 117 Å². The molecule has 22 amide bonds. The van der Waals surface area contributed by atoms with Gasteiger partial charge in [0.15, 0.2) is 0 Å². The van der Waals surface area contributed by atoms with Crippen molar-refractivity contribution < 1.29 is 166 Å². The number of carboxylic acid groups (broad SMARTS) is 3. The molecule has 842 valence electrons. The van der Waals surface area contributed by atoms with Gasteiger partial charge < -0.3 is 168 Å². The molecule has 32 N–H and O–H groups in total. The lowest BCUT2D eigenvalue weighted by Gasteiger charge is -2.32. The van der Waals surface area contributed by atoms with Crippen LogP contribution in [0.2, 0.25) is 0 Å². The number of carboxylic acids is 3. The van der Waals surface area contributed by atoms with E-state index in [4.69, 9.17) is 5.73 Å². The van der Waals surface area contributed by atoms with Crippen molar-refractivity contribution in [3.63, 3.8) is 0 Å². The molecule has 0 bridgehead atoms. The third-order valence-electron chi connectivity index (χ3n) is 24.1. The Balaban J connectivity index is 2.20. The first kappa shape index (κ1) is 132. The second kappa shape index (κ2) is 66.9. The topological polar surface area (TPSA) is 891 Å². The fraction of sp³-hybridized carbons (Fsp3) is 0.667. The number of hydrogen-bond donors (Lipinski definition) is 31. The molecule has 1 aliphatic heterocycles. The fourth-order valence-corrected chi connectivity index (χ4v) is 14.4. The molecular formula is C93H151N23O34. The Kier molecular flexibility index (Phi) is 58.8. The van der Waals surface area contributed by atoms with Crippen molar-refractivity contribution in [2.75, 3.05) is 72.3 Å². The predicted octanol–water partition coefficient (Wildman–Crippen LogP) is -12.4. The van der Waals surface area contributed by atoms with Crippen molar-refractivity contribution in [1.82, 2.24) is 117 Å². The quantitative estimate of drug-likeness (QED) is 0.0288. The third kappa shape index (κ3) is 45.8. The zero-order valence-electron chi connectivity index (χ0n) is 86.6. The summed E-state index contributed by atoms with van der Waals surface area (Å²) >= 11 is 0. The van der Waals surface area contributed by atoms with Gasteiger partial charge in [-0.05, 0) is 93.9 Å². The van der Waals surface area contributed by atoms with E-state index in [1.807, 2.05) is 0 Å². The number of nitrogens with one attached hydrogen (secondary N) is 21. The van der Waals surface area contributed by atoms with Crippen LogP contribution in [0.4, 0.5) is 0 Å². The molecule has 0 saturated carbocycles. The standard InChI is InChI=1S/C93H151N23O34/c1-16-46(10)73(114-86(142)58(39-118)103-65(125)35-99-89(145)71(44(6)7)113-77(133)50(14)100-76(132)49(13)101-83(139)59(40-119)109-88(144)70(94)51(15)122)90(146)106-55(31-43(4)5)82(138)108-60(41-120)84(140)105-54(27-29-69(130)131)81(137)104-53(26-28-68(128)129)78(134)97-36-66(126)111-72(45(8)9)92(148)116-30-22-25-62(116)87(143)115-74(47(11)17-2)91(147)110-61(42-121)85(141)107-57(38-117)80(136)96-33-63(123)95-34-64(124)102-56(32-52-23-20-19-21-24-52)79(135)98-37-67(127)112-75(93(149)150)48(12)18-3/h19-21,23-24,43-51,53-62,70-75,117-122H,16-18,22,25-42,94H2,1-15H3,(H,95,123)(H,96,136)(H,97,134)(H,98,135)(H,99,145)(H,100,132)(H,101,139)(H,102,124)(H,103,125)(H,104,137)(H,105,140)(H,106,146)(H,107,141)(H,108,138)(H,109,144)(H,110,147)(H,111,126)(H,112,127)(H,113,133)(H,114,142)(H,115,143)(H,128,129)(H,130,131)(H,149,150)/t46-,47-,48-,49-,50-,51+,53-,54-,55-,56-,57-,58-,59-,60-,61-,62-,70-,71-,72-,73-,74-,75-/m0/s1. The molecule has 0 aromatic heterocycles. The van der Waals surface area contributed by atoms with Gasteiger partial charge in [-0.2, -0.15) is 0 Å². The average Bonchev–Trinajstić information content (AvgIpc) is 1.76. The molecule has 1 aromatic carbocycles. The van der Waals surface area contributed by atoms with Gasteiger partial charge in [0.05, 0.1) is 71.9 Å². The molecule has 1 saturated heterocycles. The first-order valence-corrected chi connectivity index (χ1v) is 49.1. The highest BCUT2D eigenvalue weighted by atomic mass is 16.4. The lowest BCUT2D eigenvalue weighted by molar-refractivity contribution is -0.143. The minimum absolute atomic E-state index is 0.00580. The molecule has 2 rings (SSSR count). The van der Waals surface area contributed by atoms with Crippen molar-refractivity contribution in [2.24, 2.45) is 41.2 Å². The highest BCUT2D eigenvalue weighted by molar-refractivity contribution is 6.03. The molecule has 57 nitrogen and oxygen atoms in total. The molecule has 1 fully saturated rings. The Bertz CT molecular complexity index is 4800. The number of aliphatic carboxylic acids is 3. The maximum absolute atomic E-state index is 14.5. The van der Waals surface area contributed by atoms with Gasteiger partial charge in [-0.15, -0.1) is 0 Å². The smallest absolute Gasteiger partial charge is 0.326 e. The molecule has 1 heterocycles. The maximum atomic E-state index is 14.5. The Morgan fingerprint density at radius 2 is 0.673 bits per heavy atom. The Morgan fingerprint density at radius 1 is 0.340 bits per heavy atom. The number of nitrogens with two attached hydrogens (primary N) is 1. The first-order valence-electron chi connectivity index (χ1n) is 49.1. The Hall–Kier alpha value is -14.3. The van der Waals surface area contributed by atoms with Gasteiger partial charge in [0.25, 0.3) is 0 Å². The van der Waals surface area contributed by atoms with E-state index in [-0.39, 0.29) is 45.1 Å². The van der Waals surface area contributed by atoms with Crippen molar-refractivity contribution in [1.29, 1.82) is 0 Å². The van der Waals surface area contributed by atoms with E-state index in [1.54, 1.807) is 78.8 Å². The molecule has 0 radical (unpaired) electrons. The predicted molar refractivity (Wildman–Crippen MR) is 526 cm³/mol. The number of aliphatic hydroxyl groups excluding tert-OH is 6. The highest BCUT2D eigenvalue weighted by Crippen LogP contribution is 2.23. The normalized spacial score (nSPS) is 16.4. The largest absolute Gasteiger partial charge is 0.481 e. The molecule has 0 spiro atoms. The van der Waals surface area contributed by atoms with Crippen LogP contribution in [0.3, 0.4) is 0 Å². The van der Waals surface area contributed by atoms with E-state index in [0.717, 1.165) is 4.90 Å². The second-order valence-electron chi connectivity index (χ2n) is 37.4. The second-order valence-corrected chi connectivity index (χ2v) is 37.4. The van der Waals surface area contributed by atoms with Gasteiger partial charge >= 0.3 is 17.9 Å². The van der Waals surface area contributed by atoms with E-state index < -0.39 is 390 Å². The van der Waals surface area contributed by atoms with Gasteiger partial charge in [0.2, 0.25) is 130 Å². The zero-order chi connectivity index (χ0) is 114. The van der Waals surface area contributed by atoms with Crippen LogP contribution in [0.5, 0.6) is 0 Å². The lowest BCUT2D eigenvalue weighted by atomic mass is 9.96. The third-order valence-corrected chi connectivity index (χ3v) is 24.1. The molecule has 0 unspecified atom stereocenters. The number of benzene rings is 1. The minimum Gasteiger partial charge on any atom is -0.481 e. The maximum Gasteiger partial charge on any atom is 0.326 e. The lowest BCUT2D eigenvalue weighted by Crippen LogP contribution is -2.61. The van der Waals surface area contributed by atoms with E-state index >= 15 is 0 Å². The van der Waals surface area contributed by atoms with Crippen molar-refractivity contribution in [3.05, 3.63) is 35.9 Å². The summed E-state index contributed by atoms with van der Waals surface area (Å²) in [7, 11) is 0. The number of aliphatic hydroxyl groups is 6. The first-order chi connectivity index (χ1) is 70.4. The summed E-state index contributed by atoms with van der Waals surface area (Å²) in [5, 5.41) is 138. The van der Waals surface area contributed by atoms with Gasteiger partial charge in [-0.3, -0.25) is 115 Å².